The summed E-state index contributed by atoms with van der Waals surface area (Å²) in [5, 5.41) is 4.98. The van der Waals surface area contributed by atoms with Crippen LogP contribution in [0.25, 0.3) is 0 Å². The molecule has 3 aromatic rings. The highest BCUT2D eigenvalue weighted by Gasteiger charge is 2.41. The number of nitrogens with zero attached hydrogens (tertiary/aromatic N) is 5. The molecule has 0 saturated carbocycles. The van der Waals surface area contributed by atoms with E-state index in [0.29, 0.717) is 54.5 Å². The maximum Gasteiger partial charge on any atom is 0.275 e. The SMILES string of the molecule is CN1C(=O)CCc2cc3c(cc21)OC[C@H](N1CCc2c(nn(Cc4ccccc4)c2Cl)C1=O)C(=O)N3C. The highest BCUT2D eigenvalue weighted by molar-refractivity contribution is 6.31. The molecule has 0 spiro atoms. The Morgan fingerprint density at radius 1 is 1.00 bits per heavy atom. The molecule has 4 heterocycles. The van der Waals surface area contributed by atoms with Crippen LogP contribution in [0.1, 0.15) is 33.6 Å². The summed E-state index contributed by atoms with van der Waals surface area (Å²) in [5.74, 6) is -0.00566. The first-order valence-electron chi connectivity index (χ1n) is 12.3. The van der Waals surface area contributed by atoms with Gasteiger partial charge in [0.2, 0.25) is 5.91 Å². The maximum absolute atomic E-state index is 13.6. The van der Waals surface area contributed by atoms with Crippen molar-refractivity contribution < 1.29 is 19.1 Å². The monoisotopic (exact) mass is 519 g/mol. The number of anilines is 2. The van der Waals surface area contributed by atoms with Gasteiger partial charge in [-0.2, -0.15) is 5.10 Å². The molecule has 1 atom stereocenters. The van der Waals surface area contributed by atoms with Crippen LogP contribution in [0.15, 0.2) is 42.5 Å². The van der Waals surface area contributed by atoms with E-state index in [1.807, 2.05) is 42.5 Å². The van der Waals surface area contributed by atoms with Gasteiger partial charge in [-0.05, 0) is 30.0 Å². The molecule has 1 aromatic heterocycles. The predicted molar refractivity (Wildman–Crippen MR) is 138 cm³/mol. The smallest absolute Gasteiger partial charge is 0.275 e. The summed E-state index contributed by atoms with van der Waals surface area (Å²) in [6.07, 6.45) is 1.53. The summed E-state index contributed by atoms with van der Waals surface area (Å²) < 4.78 is 7.74. The van der Waals surface area contributed by atoms with E-state index in [1.54, 1.807) is 33.5 Å². The number of amides is 3. The van der Waals surface area contributed by atoms with Gasteiger partial charge in [0.15, 0.2) is 5.69 Å². The Balaban J connectivity index is 1.28. The number of hydrogen-bond donors (Lipinski definition) is 0. The van der Waals surface area contributed by atoms with Crippen molar-refractivity contribution in [3.63, 3.8) is 0 Å². The summed E-state index contributed by atoms with van der Waals surface area (Å²) in [7, 11) is 3.44. The lowest BCUT2D eigenvalue weighted by Gasteiger charge is -2.33. The number of carbonyl (C=O) groups excluding carboxylic acids is 3. The first kappa shape index (κ1) is 23.5. The average molecular weight is 520 g/mol. The average Bonchev–Trinajstić information content (AvgIpc) is 3.16. The Labute approximate surface area is 219 Å². The molecule has 0 bridgehead atoms. The normalized spacial score (nSPS) is 19.3. The number of aromatic nitrogens is 2. The number of aryl methyl sites for hydroxylation is 1. The zero-order chi connectivity index (χ0) is 25.8. The number of ether oxygens (including phenoxy) is 1. The van der Waals surface area contributed by atoms with Gasteiger partial charge in [0, 0.05) is 38.7 Å². The molecule has 37 heavy (non-hydrogen) atoms. The van der Waals surface area contributed by atoms with E-state index in [-0.39, 0.29) is 30.0 Å². The van der Waals surface area contributed by atoms with E-state index in [1.165, 1.54) is 0 Å². The third-order valence-corrected chi connectivity index (χ3v) is 7.90. The standard InChI is InChI=1S/C27H26ClN5O4/c1-30-19-13-22-20(12-17(19)8-9-23(30)34)31(2)26(35)21(15-37-22)32-11-10-18-24(27(32)36)29-33(25(18)28)14-16-6-4-3-5-7-16/h3-7,12-13,21H,8-11,14-15H2,1-2H3/t21-/m0/s1. The molecular weight excluding hydrogens is 494 g/mol. The molecule has 3 aliphatic rings. The van der Waals surface area contributed by atoms with Gasteiger partial charge < -0.3 is 19.4 Å². The lowest BCUT2D eigenvalue weighted by molar-refractivity contribution is -0.123. The van der Waals surface area contributed by atoms with Gasteiger partial charge in [-0.3, -0.25) is 14.4 Å². The molecule has 2 aromatic carbocycles. The van der Waals surface area contributed by atoms with Crippen LogP contribution in [-0.2, 0) is 29.0 Å². The number of fused-ring (bicyclic) bond motifs is 3. The van der Waals surface area contributed by atoms with Crippen LogP contribution >= 0.6 is 11.6 Å². The molecule has 0 unspecified atom stereocenters. The molecular formula is C27H26ClN5O4. The van der Waals surface area contributed by atoms with Crippen molar-refractivity contribution in [2.24, 2.45) is 0 Å². The van der Waals surface area contributed by atoms with Crippen molar-refractivity contribution in [2.45, 2.75) is 31.8 Å². The van der Waals surface area contributed by atoms with Gasteiger partial charge in [-0.1, -0.05) is 41.9 Å². The van der Waals surface area contributed by atoms with Gasteiger partial charge in [-0.25, -0.2) is 4.68 Å². The van der Waals surface area contributed by atoms with E-state index in [0.717, 1.165) is 16.8 Å². The van der Waals surface area contributed by atoms with Crippen LogP contribution in [0.2, 0.25) is 5.15 Å². The van der Waals surface area contributed by atoms with Crippen molar-refractivity contribution in [1.29, 1.82) is 0 Å². The highest BCUT2D eigenvalue weighted by atomic mass is 35.5. The largest absolute Gasteiger partial charge is 0.489 e. The van der Waals surface area contributed by atoms with Crippen LogP contribution in [0, 0.1) is 0 Å². The van der Waals surface area contributed by atoms with Gasteiger partial charge in [0.25, 0.3) is 11.8 Å². The Morgan fingerprint density at radius 2 is 1.78 bits per heavy atom. The second-order valence-electron chi connectivity index (χ2n) is 9.64. The number of hydrogen-bond acceptors (Lipinski definition) is 5. The topological polar surface area (TPSA) is 88.0 Å². The molecule has 3 aliphatic heterocycles. The second-order valence-corrected chi connectivity index (χ2v) is 9.99. The van der Waals surface area contributed by atoms with Gasteiger partial charge in [-0.15, -0.1) is 0 Å². The first-order valence-corrected chi connectivity index (χ1v) is 12.6. The lowest BCUT2D eigenvalue weighted by atomic mass is 10.00. The van der Waals surface area contributed by atoms with Crippen molar-refractivity contribution in [2.75, 3.05) is 37.0 Å². The minimum absolute atomic E-state index is 0.00610. The molecule has 0 saturated heterocycles. The Hall–Kier alpha value is -3.85. The molecule has 0 aliphatic carbocycles. The van der Waals surface area contributed by atoms with Gasteiger partial charge >= 0.3 is 0 Å². The van der Waals surface area contributed by atoms with Crippen LogP contribution in [0.4, 0.5) is 11.4 Å². The van der Waals surface area contributed by atoms with Crippen molar-refractivity contribution in [1.82, 2.24) is 14.7 Å². The second kappa shape index (κ2) is 8.92. The van der Waals surface area contributed by atoms with E-state index in [2.05, 4.69) is 5.10 Å². The van der Waals surface area contributed by atoms with E-state index >= 15 is 0 Å². The van der Waals surface area contributed by atoms with Crippen LogP contribution < -0.4 is 14.5 Å². The van der Waals surface area contributed by atoms with E-state index in [4.69, 9.17) is 16.3 Å². The van der Waals surface area contributed by atoms with Gasteiger partial charge in [0.1, 0.15) is 23.6 Å². The Kier molecular flexibility index (Phi) is 5.67. The van der Waals surface area contributed by atoms with Crippen LogP contribution in [0.5, 0.6) is 5.75 Å². The van der Waals surface area contributed by atoms with E-state index < -0.39 is 6.04 Å². The molecule has 0 N–H and O–H groups in total. The zero-order valence-corrected chi connectivity index (χ0v) is 21.4. The number of halogens is 1. The summed E-state index contributed by atoms with van der Waals surface area (Å²) in [6, 6.07) is 12.7. The third-order valence-electron chi connectivity index (χ3n) is 7.48. The van der Waals surface area contributed by atoms with Crippen LogP contribution in [-0.4, -0.2) is 65.7 Å². The number of carbonyl (C=O) groups is 3. The van der Waals surface area contributed by atoms with E-state index in [9.17, 15) is 14.4 Å². The fourth-order valence-corrected chi connectivity index (χ4v) is 5.62. The summed E-state index contributed by atoms with van der Waals surface area (Å²) in [5.41, 5.74) is 4.41. The lowest BCUT2D eigenvalue weighted by Crippen LogP contribution is -2.54. The fraction of sp³-hybridized carbons (Fsp3) is 0.333. The Morgan fingerprint density at radius 3 is 2.57 bits per heavy atom. The minimum atomic E-state index is -0.813. The first-order chi connectivity index (χ1) is 17.8. The summed E-state index contributed by atoms with van der Waals surface area (Å²) >= 11 is 6.62. The number of benzene rings is 2. The fourth-order valence-electron chi connectivity index (χ4n) is 5.34. The van der Waals surface area contributed by atoms with Crippen LogP contribution in [0.3, 0.4) is 0 Å². The zero-order valence-electron chi connectivity index (χ0n) is 20.6. The molecule has 9 nitrogen and oxygen atoms in total. The maximum atomic E-state index is 13.6. The Bertz CT molecular complexity index is 1440. The third kappa shape index (κ3) is 3.85. The van der Waals surface area contributed by atoms with Crippen molar-refractivity contribution >= 4 is 40.7 Å². The molecule has 190 valence electrons. The number of likely N-dealkylation sites (N-methyl/N-ethyl adjacent to an activating group) is 1. The molecule has 0 fully saturated rings. The minimum Gasteiger partial charge on any atom is -0.489 e. The molecule has 10 heteroatoms. The molecule has 0 radical (unpaired) electrons. The molecule has 3 amide bonds. The predicted octanol–water partition coefficient (Wildman–Crippen LogP) is 2.92. The number of rotatable bonds is 3. The quantitative estimate of drug-likeness (QED) is 0.531. The van der Waals surface area contributed by atoms with Crippen molar-refractivity contribution in [3.8, 4) is 5.75 Å². The summed E-state index contributed by atoms with van der Waals surface area (Å²) in [4.78, 5) is 44.1. The van der Waals surface area contributed by atoms with Crippen molar-refractivity contribution in [3.05, 3.63) is 70.0 Å². The van der Waals surface area contributed by atoms with Gasteiger partial charge in [0.05, 0.1) is 17.9 Å². The summed E-state index contributed by atoms with van der Waals surface area (Å²) in [6.45, 7) is 0.789. The molecule has 6 rings (SSSR count). The highest BCUT2D eigenvalue weighted by Crippen LogP contribution is 2.40.